The first kappa shape index (κ1) is 16.5. The van der Waals surface area contributed by atoms with Gasteiger partial charge in [-0.15, -0.1) is 12.4 Å². The van der Waals surface area contributed by atoms with E-state index in [0.29, 0.717) is 17.7 Å². The Hall–Kier alpha value is -1.59. The van der Waals surface area contributed by atoms with Gasteiger partial charge in [0.2, 0.25) is 0 Å². The molecule has 1 aromatic rings. The molecule has 1 heterocycles. The highest BCUT2D eigenvalue weighted by Gasteiger charge is 2.24. The maximum absolute atomic E-state index is 12.4. The van der Waals surface area contributed by atoms with Gasteiger partial charge in [-0.3, -0.25) is 9.59 Å². The summed E-state index contributed by atoms with van der Waals surface area (Å²) in [5.74, 6) is -0.192. The van der Waals surface area contributed by atoms with Crippen LogP contribution in [0.1, 0.15) is 27.6 Å². The minimum Gasteiger partial charge on any atom is -0.355 e. The molecular formula is C14H20ClN3O2. The maximum Gasteiger partial charge on any atom is 0.254 e. The van der Waals surface area contributed by atoms with Gasteiger partial charge >= 0.3 is 0 Å². The Kier molecular flexibility index (Phi) is 5.98. The highest BCUT2D eigenvalue weighted by atomic mass is 35.5. The van der Waals surface area contributed by atoms with Crippen molar-refractivity contribution >= 4 is 24.2 Å². The molecule has 1 aliphatic rings. The topological polar surface area (TPSA) is 61.4 Å². The molecule has 0 unspecified atom stereocenters. The second kappa shape index (κ2) is 7.26. The molecule has 1 aliphatic heterocycles. The zero-order valence-electron chi connectivity index (χ0n) is 11.7. The number of nitrogens with zero attached hydrogens (tertiary/aromatic N) is 1. The number of carbonyl (C=O) groups excluding carboxylic acids is 2. The van der Waals surface area contributed by atoms with E-state index >= 15 is 0 Å². The number of nitrogens with one attached hydrogen (secondary N) is 2. The van der Waals surface area contributed by atoms with Crippen LogP contribution in [0.25, 0.3) is 0 Å². The Morgan fingerprint density at radius 2 is 2.05 bits per heavy atom. The van der Waals surface area contributed by atoms with Gasteiger partial charge in [-0.2, -0.15) is 0 Å². The summed E-state index contributed by atoms with van der Waals surface area (Å²) >= 11 is 0. The summed E-state index contributed by atoms with van der Waals surface area (Å²) in [4.78, 5) is 25.9. The molecule has 0 aliphatic carbocycles. The SMILES string of the molecule is CNC(=O)c1cccc(C(=O)N2CCNC[C@@H]2C)c1.Cl. The Bertz CT molecular complexity index is 493. The van der Waals surface area contributed by atoms with Crippen LogP contribution in [-0.4, -0.2) is 49.4 Å². The van der Waals surface area contributed by atoms with Crippen LogP contribution in [0.15, 0.2) is 24.3 Å². The Morgan fingerprint density at radius 1 is 1.35 bits per heavy atom. The van der Waals surface area contributed by atoms with Gasteiger partial charge in [0, 0.05) is 43.9 Å². The minimum absolute atomic E-state index is 0. The lowest BCUT2D eigenvalue weighted by Gasteiger charge is -2.34. The Morgan fingerprint density at radius 3 is 2.70 bits per heavy atom. The van der Waals surface area contributed by atoms with E-state index in [0.717, 1.165) is 13.1 Å². The first-order valence-corrected chi connectivity index (χ1v) is 6.47. The summed E-state index contributed by atoms with van der Waals surface area (Å²) in [5.41, 5.74) is 1.07. The number of halogens is 1. The number of piperazine rings is 1. The van der Waals surface area contributed by atoms with E-state index in [4.69, 9.17) is 0 Å². The summed E-state index contributed by atoms with van der Waals surface area (Å²) < 4.78 is 0. The lowest BCUT2D eigenvalue weighted by molar-refractivity contribution is 0.0656. The van der Waals surface area contributed by atoms with Gasteiger partial charge in [0.05, 0.1) is 0 Å². The van der Waals surface area contributed by atoms with Gasteiger partial charge in [0.1, 0.15) is 0 Å². The summed E-state index contributed by atoms with van der Waals surface area (Å²) in [7, 11) is 1.58. The molecule has 2 rings (SSSR count). The molecule has 1 aromatic carbocycles. The highest BCUT2D eigenvalue weighted by molar-refractivity contribution is 5.99. The number of rotatable bonds is 2. The fourth-order valence-electron chi connectivity index (χ4n) is 2.25. The molecule has 2 amide bonds. The van der Waals surface area contributed by atoms with Crippen molar-refractivity contribution < 1.29 is 9.59 Å². The summed E-state index contributed by atoms with van der Waals surface area (Å²) in [5, 5.41) is 5.81. The van der Waals surface area contributed by atoms with E-state index in [1.807, 2.05) is 11.8 Å². The molecule has 110 valence electrons. The van der Waals surface area contributed by atoms with Crippen LogP contribution in [0.2, 0.25) is 0 Å². The van der Waals surface area contributed by atoms with Gasteiger partial charge in [-0.1, -0.05) is 6.07 Å². The van der Waals surface area contributed by atoms with E-state index in [9.17, 15) is 9.59 Å². The molecular weight excluding hydrogens is 278 g/mol. The van der Waals surface area contributed by atoms with Crippen molar-refractivity contribution in [2.24, 2.45) is 0 Å². The predicted molar refractivity (Wildman–Crippen MR) is 80.4 cm³/mol. The van der Waals surface area contributed by atoms with Crippen LogP contribution in [0.4, 0.5) is 0 Å². The van der Waals surface area contributed by atoms with E-state index in [2.05, 4.69) is 10.6 Å². The second-order valence-electron chi connectivity index (χ2n) is 4.71. The van der Waals surface area contributed by atoms with Crippen LogP contribution in [0.3, 0.4) is 0 Å². The first-order chi connectivity index (χ1) is 9.13. The maximum atomic E-state index is 12.4. The summed E-state index contributed by atoms with van der Waals surface area (Å²) in [6, 6.07) is 7.02. The third-order valence-electron chi connectivity index (χ3n) is 3.36. The number of amides is 2. The largest absolute Gasteiger partial charge is 0.355 e. The van der Waals surface area contributed by atoms with Crippen molar-refractivity contribution in [1.82, 2.24) is 15.5 Å². The van der Waals surface area contributed by atoms with Crippen LogP contribution >= 0.6 is 12.4 Å². The lowest BCUT2D eigenvalue weighted by Crippen LogP contribution is -2.52. The van der Waals surface area contributed by atoms with Gasteiger partial charge in [0.25, 0.3) is 11.8 Å². The monoisotopic (exact) mass is 297 g/mol. The fraction of sp³-hybridized carbons (Fsp3) is 0.429. The minimum atomic E-state index is -0.178. The van der Waals surface area contributed by atoms with Crippen LogP contribution in [0, 0.1) is 0 Å². The fourth-order valence-corrected chi connectivity index (χ4v) is 2.25. The van der Waals surface area contributed by atoms with E-state index in [1.165, 1.54) is 0 Å². The molecule has 0 radical (unpaired) electrons. The van der Waals surface area contributed by atoms with Crippen molar-refractivity contribution in [2.45, 2.75) is 13.0 Å². The van der Waals surface area contributed by atoms with Gasteiger partial charge in [-0.05, 0) is 25.1 Å². The van der Waals surface area contributed by atoms with E-state index in [-0.39, 0.29) is 30.3 Å². The van der Waals surface area contributed by atoms with E-state index < -0.39 is 0 Å². The normalized spacial score (nSPS) is 18.1. The number of benzene rings is 1. The molecule has 2 N–H and O–H groups in total. The Balaban J connectivity index is 0.00000200. The molecule has 0 aromatic heterocycles. The third-order valence-corrected chi connectivity index (χ3v) is 3.36. The predicted octanol–water partition coefficient (Wildman–Crippen LogP) is 0.902. The molecule has 0 bridgehead atoms. The van der Waals surface area contributed by atoms with Crippen molar-refractivity contribution in [3.8, 4) is 0 Å². The summed E-state index contributed by atoms with van der Waals surface area (Å²) in [6.45, 7) is 4.34. The van der Waals surface area contributed by atoms with Crippen molar-refractivity contribution in [3.05, 3.63) is 35.4 Å². The lowest BCUT2D eigenvalue weighted by atomic mass is 10.1. The second-order valence-corrected chi connectivity index (χ2v) is 4.71. The third kappa shape index (κ3) is 3.49. The number of carbonyl (C=O) groups is 2. The zero-order chi connectivity index (χ0) is 13.8. The average molecular weight is 298 g/mol. The Labute approximate surface area is 125 Å². The van der Waals surface area contributed by atoms with Gasteiger partial charge in [-0.25, -0.2) is 0 Å². The molecule has 1 atom stereocenters. The number of hydrogen-bond donors (Lipinski definition) is 2. The molecule has 0 saturated carbocycles. The van der Waals surface area contributed by atoms with Gasteiger partial charge in [0.15, 0.2) is 0 Å². The number of hydrogen-bond acceptors (Lipinski definition) is 3. The first-order valence-electron chi connectivity index (χ1n) is 6.47. The van der Waals surface area contributed by atoms with Crippen LogP contribution in [-0.2, 0) is 0 Å². The molecule has 20 heavy (non-hydrogen) atoms. The standard InChI is InChI=1S/C14H19N3O2.ClH/c1-10-9-16-6-7-17(10)14(19)12-5-3-4-11(8-12)13(18)15-2;/h3-5,8,10,16H,6-7,9H2,1-2H3,(H,15,18);1H/t10-;/m0./s1. The van der Waals surface area contributed by atoms with Gasteiger partial charge < -0.3 is 15.5 Å². The van der Waals surface area contributed by atoms with Crippen molar-refractivity contribution in [1.29, 1.82) is 0 Å². The smallest absolute Gasteiger partial charge is 0.254 e. The molecule has 1 fully saturated rings. The van der Waals surface area contributed by atoms with E-state index in [1.54, 1.807) is 31.3 Å². The quantitative estimate of drug-likeness (QED) is 0.853. The van der Waals surface area contributed by atoms with Crippen LogP contribution < -0.4 is 10.6 Å². The van der Waals surface area contributed by atoms with Crippen molar-refractivity contribution in [2.75, 3.05) is 26.7 Å². The highest BCUT2D eigenvalue weighted by Crippen LogP contribution is 2.12. The molecule has 6 heteroatoms. The summed E-state index contributed by atoms with van der Waals surface area (Å²) in [6.07, 6.45) is 0. The van der Waals surface area contributed by atoms with Crippen molar-refractivity contribution in [3.63, 3.8) is 0 Å². The molecule has 0 spiro atoms. The molecule has 5 nitrogen and oxygen atoms in total. The molecule has 1 saturated heterocycles. The average Bonchev–Trinajstić information content (AvgIpc) is 2.46. The van der Waals surface area contributed by atoms with Crippen LogP contribution in [0.5, 0.6) is 0 Å². The zero-order valence-corrected chi connectivity index (χ0v) is 12.5.